The number of hydrogen-bond donors (Lipinski definition) is 2. The van der Waals surface area contributed by atoms with Crippen molar-refractivity contribution >= 4 is 11.8 Å². The second kappa shape index (κ2) is 7.11. The normalized spacial score (nSPS) is 22.3. The highest BCUT2D eigenvalue weighted by molar-refractivity contribution is 5.83. The van der Waals surface area contributed by atoms with Crippen molar-refractivity contribution < 1.29 is 19.1 Å². The molecule has 6 heteroatoms. The quantitative estimate of drug-likeness (QED) is 0.858. The monoisotopic (exact) mass is 332 g/mol. The van der Waals surface area contributed by atoms with Gasteiger partial charge in [0.25, 0.3) is 0 Å². The molecule has 2 amide bonds. The number of fused-ring (bicyclic) bond motifs is 1. The van der Waals surface area contributed by atoms with Crippen molar-refractivity contribution in [2.75, 3.05) is 13.2 Å². The summed E-state index contributed by atoms with van der Waals surface area (Å²) >= 11 is 0. The lowest BCUT2D eigenvalue weighted by Crippen LogP contribution is -2.42. The number of piperidine rings is 1. The molecule has 2 aliphatic rings. The standard InChI is InChI=1S/C18H24N2O4/c1-3-23-15-7-13-6-11(2)24-16(13)8-14(15)10-20-18(22)12-4-5-17(21)19-9-12/h7-8,11-12H,3-6,9-10H2,1-2H3,(H,19,21)(H,20,22). The van der Waals surface area contributed by atoms with Gasteiger partial charge in [0.1, 0.15) is 17.6 Å². The van der Waals surface area contributed by atoms with Gasteiger partial charge in [-0.3, -0.25) is 9.59 Å². The maximum atomic E-state index is 12.3. The zero-order valence-electron chi connectivity index (χ0n) is 14.2. The summed E-state index contributed by atoms with van der Waals surface area (Å²) in [6, 6.07) is 3.98. The molecule has 2 atom stereocenters. The van der Waals surface area contributed by atoms with Crippen LogP contribution in [0.15, 0.2) is 12.1 Å². The summed E-state index contributed by atoms with van der Waals surface area (Å²) < 4.78 is 11.5. The third-order valence-electron chi connectivity index (χ3n) is 4.47. The minimum atomic E-state index is -0.163. The number of amides is 2. The summed E-state index contributed by atoms with van der Waals surface area (Å²) in [5, 5.41) is 5.70. The van der Waals surface area contributed by atoms with Gasteiger partial charge in [-0.25, -0.2) is 0 Å². The Labute approximate surface area is 141 Å². The fourth-order valence-corrected chi connectivity index (χ4v) is 3.19. The first-order valence-electron chi connectivity index (χ1n) is 8.56. The molecule has 1 aromatic rings. The molecule has 2 N–H and O–H groups in total. The van der Waals surface area contributed by atoms with E-state index in [0.29, 0.717) is 32.5 Å². The van der Waals surface area contributed by atoms with E-state index in [9.17, 15) is 9.59 Å². The number of benzene rings is 1. The van der Waals surface area contributed by atoms with E-state index in [-0.39, 0.29) is 23.8 Å². The van der Waals surface area contributed by atoms with Gasteiger partial charge in [0.05, 0.1) is 12.5 Å². The van der Waals surface area contributed by atoms with Crippen LogP contribution in [0.2, 0.25) is 0 Å². The molecule has 0 aromatic heterocycles. The van der Waals surface area contributed by atoms with Crippen molar-refractivity contribution in [3.8, 4) is 11.5 Å². The van der Waals surface area contributed by atoms with Crippen molar-refractivity contribution in [1.29, 1.82) is 0 Å². The molecule has 0 aliphatic carbocycles. The average molecular weight is 332 g/mol. The Bertz CT molecular complexity index is 634. The molecule has 1 fully saturated rings. The van der Waals surface area contributed by atoms with Crippen molar-refractivity contribution in [2.24, 2.45) is 5.92 Å². The van der Waals surface area contributed by atoms with Crippen LogP contribution in [0.1, 0.15) is 37.8 Å². The highest BCUT2D eigenvalue weighted by Gasteiger charge is 2.25. The van der Waals surface area contributed by atoms with Crippen LogP contribution in [0.3, 0.4) is 0 Å². The molecule has 6 nitrogen and oxygen atoms in total. The Morgan fingerprint density at radius 2 is 2.29 bits per heavy atom. The van der Waals surface area contributed by atoms with Crippen molar-refractivity contribution in [1.82, 2.24) is 10.6 Å². The molecule has 2 unspecified atom stereocenters. The van der Waals surface area contributed by atoms with E-state index >= 15 is 0 Å². The van der Waals surface area contributed by atoms with E-state index in [0.717, 1.165) is 29.0 Å². The number of hydrogen-bond acceptors (Lipinski definition) is 4. The second-order valence-corrected chi connectivity index (χ2v) is 6.39. The molecule has 1 aromatic carbocycles. The molecule has 24 heavy (non-hydrogen) atoms. The molecule has 0 saturated carbocycles. The predicted molar refractivity (Wildman–Crippen MR) is 89.0 cm³/mol. The topological polar surface area (TPSA) is 76.7 Å². The smallest absolute Gasteiger partial charge is 0.225 e. The van der Waals surface area contributed by atoms with Crippen molar-refractivity contribution in [2.45, 2.75) is 45.8 Å². The summed E-state index contributed by atoms with van der Waals surface area (Å²) in [5.74, 6) is 1.49. The van der Waals surface area contributed by atoms with Crippen LogP contribution in [0.5, 0.6) is 11.5 Å². The maximum Gasteiger partial charge on any atom is 0.225 e. The molecule has 1 saturated heterocycles. The fraction of sp³-hybridized carbons (Fsp3) is 0.556. The number of nitrogens with one attached hydrogen (secondary N) is 2. The number of carbonyl (C=O) groups is 2. The lowest BCUT2D eigenvalue weighted by molar-refractivity contribution is -0.129. The second-order valence-electron chi connectivity index (χ2n) is 6.39. The maximum absolute atomic E-state index is 12.3. The molecule has 130 valence electrons. The number of rotatable bonds is 5. The highest BCUT2D eigenvalue weighted by Crippen LogP contribution is 2.35. The lowest BCUT2D eigenvalue weighted by Gasteiger charge is -2.22. The van der Waals surface area contributed by atoms with Crippen LogP contribution in [0, 0.1) is 5.92 Å². The molecule has 0 radical (unpaired) electrons. The molecule has 2 heterocycles. The first-order valence-corrected chi connectivity index (χ1v) is 8.56. The summed E-state index contributed by atoms with van der Waals surface area (Å²) in [4.78, 5) is 23.5. The van der Waals surface area contributed by atoms with E-state index in [2.05, 4.69) is 10.6 Å². The van der Waals surface area contributed by atoms with Crippen LogP contribution >= 0.6 is 0 Å². The van der Waals surface area contributed by atoms with Crippen LogP contribution < -0.4 is 20.1 Å². The number of ether oxygens (including phenoxy) is 2. The first kappa shape index (κ1) is 16.6. The number of carbonyl (C=O) groups excluding carboxylic acids is 2. The van der Waals surface area contributed by atoms with Crippen molar-refractivity contribution in [3.63, 3.8) is 0 Å². The minimum absolute atomic E-state index is 0.0163. The van der Waals surface area contributed by atoms with Gasteiger partial charge in [-0.15, -0.1) is 0 Å². The van der Waals surface area contributed by atoms with Crippen LogP contribution in [-0.2, 0) is 22.6 Å². The molecule has 0 spiro atoms. The van der Waals surface area contributed by atoms with E-state index < -0.39 is 0 Å². The van der Waals surface area contributed by atoms with Crippen LogP contribution in [0.4, 0.5) is 0 Å². The Morgan fingerprint density at radius 1 is 1.46 bits per heavy atom. The Kier molecular flexibility index (Phi) is 4.92. The average Bonchev–Trinajstić information content (AvgIpc) is 2.92. The van der Waals surface area contributed by atoms with Gasteiger partial charge in [-0.05, 0) is 32.4 Å². The fourth-order valence-electron chi connectivity index (χ4n) is 3.19. The van der Waals surface area contributed by atoms with E-state index in [1.165, 1.54) is 0 Å². The summed E-state index contributed by atoms with van der Waals surface area (Å²) in [6.07, 6.45) is 2.06. The predicted octanol–water partition coefficient (Wildman–Crippen LogP) is 1.55. The molecular formula is C18H24N2O4. The SMILES string of the molecule is CCOc1cc2c(cc1CNC(=O)C1CCC(=O)NC1)OC(C)C2. The molecule has 0 bridgehead atoms. The summed E-state index contributed by atoms with van der Waals surface area (Å²) in [7, 11) is 0. The summed E-state index contributed by atoms with van der Waals surface area (Å²) in [6.45, 7) is 5.36. The van der Waals surface area contributed by atoms with Gasteiger partial charge in [0, 0.05) is 37.1 Å². The third-order valence-corrected chi connectivity index (χ3v) is 4.47. The van der Waals surface area contributed by atoms with Crippen LogP contribution in [0.25, 0.3) is 0 Å². The molecular weight excluding hydrogens is 308 g/mol. The third kappa shape index (κ3) is 3.63. The van der Waals surface area contributed by atoms with E-state index in [1.54, 1.807) is 0 Å². The van der Waals surface area contributed by atoms with Gasteiger partial charge in [0.2, 0.25) is 11.8 Å². The Balaban J connectivity index is 1.67. The lowest BCUT2D eigenvalue weighted by atomic mass is 9.98. The molecule has 2 aliphatic heterocycles. The van der Waals surface area contributed by atoms with Gasteiger partial charge < -0.3 is 20.1 Å². The minimum Gasteiger partial charge on any atom is -0.494 e. The highest BCUT2D eigenvalue weighted by atomic mass is 16.5. The van der Waals surface area contributed by atoms with Crippen LogP contribution in [-0.4, -0.2) is 31.1 Å². The van der Waals surface area contributed by atoms with E-state index in [1.807, 2.05) is 26.0 Å². The molecule has 3 rings (SSSR count). The van der Waals surface area contributed by atoms with Gasteiger partial charge in [-0.2, -0.15) is 0 Å². The van der Waals surface area contributed by atoms with E-state index in [4.69, 9.17) is 9.47 Å². The zero-order chi connectivity index (χ0) is 17.1. The van der Waals surface area contributed by atoms with Gasteiger partial charge >= 0.3 is 0 Å². The Hall–Kier alpha value is -2.24. The van der Waals surface area contributed by atoms with Gasteiger partial charge in [-0.1, -0.05) is 0 Å². The summed E-state index contributed by atoms with van der Waals surface area (Å²) in [5.41, 5.74) is 2.06. The Morgan fingerprint density at radius 3 is 3.00 bits per heavy atom. The van der Waals surface area contributed by atoms with Gasteiger partial charge in [0.15, 0.2) is 0 Å². The first-order chi connectivity index (χ1) is 11.6. The van der Waals surface area contributed by atoms with Crippen molar-refractivity contribution in [3.05, 3.63) is 23.3 Å². The zero-order valence-corrected chi connectivity index (χ0v) is 14.2. The largest absolute Gasteiger partial charge is 0.494 e.